The second-order valence-corrected chi connectivity index (χ2v) is 7.54. The van der Waals surface area contributed by atoms with Crippen LogP contribution in [0, 0.1) is 19.8 Å². The maximum absolute atomic E-state index is 12.6. The lowest BCUT2D eigenvalue weighted by Crippen LogP contribution is -2.33. The molecule has 1 unspecified atom stereocenters. The molecule has 1 aliphatic heterocycles. The second kappa shape index (κ2) is 9.07. The highest BCUT2D eigenvalue weighted by atomic mass is 16.2. The molecule has 2 amide bonds. The molecule has 6 heteroatoms. The number of anilines is 2. The predicted molar refractivity (Wildman–Crippen MR) is 116 cm³/mol. The number of carbonyl (C=O) groups is 2. The summed E-state index contributed by atoms with van der Waals surface area (Å²) < 4.78 is 0. The largest absolute Gasteiger partial charge is 0.357 e. The van der Waals surface area contributed by atoms with Gasteiger partial charge in [0, 0.05) is 44.5 Å². The molecule has 29 heavy (non-hydrogen) atoms. The Morgan fingerprint density at radius 2 is 1.97 bits per heavy atom. The average Bonchev–Trinajstić information content (AvgIpc) is 3.11. The smallest absolute Gasteiger partial charge is 0.227 e. The van der Waals surface area contributed by atoms with Gasteiger partial charge < -0.3 is 15.1 Å². The van der Waals surface area contributed by atoms with E-state index in [2.05, 4.69) is 29.0 Å². The number of rotatable bonds is 7. The van der Waals surface area contributed by atoms with Crippen LogP contribution in [-0.2, 0) is 16.1 Å². The van der Waals surface area contributed by atoms with Crippen LogP contribution < -0.4 is 15.1 Å². The Hall–Kier alpha value is -2.89. The Kier molecular flexibility index (Phi) is 6.52. The molecule has 3 rings (SSSR count). The fraction of sp³-hybridized carbons (Fsp3) is 0.435. The third kappa shape index (κ3) is 4.58. The lowest BCUT2D eigenvalue weighted by atomic mass is 10.1. The molecule has 2 aromatic rings. The highest BCUT2D eigenvalue weighted by Gasteiger charge is 2.35. The van der Waals surface area contributed by atoms with Gasteiger partial charge in [-0.3, -0.25) is 9.59 Å². The molecule has 2 heterocycles. The van der Waals surface area contributed by atoms with E-state index in [-0.39, 0.29) is 24.2 Å². The van der Waals surface area contributed by atoms with Crippen LogP contribution in [0.4, 0.5) is 11.5 Å². The number of benzene rings is 1. The Labute approximate surface area is 172 Å². The van der Waals surface area contributed by atoms with Crippen molar-refractivity contribution in [1.82, 2.24) is 10.3 Å². The lowest BCUT2D eigenvalue weighted by molar-refractivity contribution is -0.126. The van der Waals surface area contributed by atoms with E-state index in [0.29, 0.717) is 13.1 Å². The first-order chi connectivity index (χ1) is 13.9. The van der Waals surface area contributed by atoms with Gasteiger partial charge in [0.1, 0.15) is 5.82 Å². The van der Waals surface area contributed by atoms with E-state index in [1.54, 1.807) is 11.1 Å². The van der Waals surface area contributed by atoms with Gasteiger partial charge in [-0.15, -0.1) is 0 Å². The van der Waals surface area contributed by atoms with Crippen LogP contribution in [0.2, 0.25) is 0 Å². The van der Waals surface area contributed by atoms with Crippen molar-refractivity contribution in [3.8, 4) is 0 Å². The molecule has 1 atom stereocenters. The van der Waals surface area contributed by atoms with Crippen molar-refractivity contribution >= 4 is 23.3 Å². The summed E-state index contributed by atoms with van der Waals surface area (Å²) in [6.45, 7) is 10.9. The molecule has 1 N–H and O–H groups in total. The summed E-state index contributed by atoms with van der Waals surface area (Å²) in [6, 6.07) is 9.90. The summed E-state index contributed by atoms with van der Waals surface area (Å²) >= 11 is 0. The van der Waals surface area contributed by atoms with E-state index in [1.807, 2.05) is 44.2 Å². The molecular formula is C23H30N4O2. The van der Waals surface area contributed by atoms with E-state index < -0.39 is 0 Å². The van der Waals surface area contributed by atoms with E-state index in [9.17, 15) is 9.59 Å². The molecule has 0 aliphatic carbocycles. The predicted octanol–water partition coefficient (Wildman–Crippen LogP) is 3.21. The zero-order valence-electron chi connectivity index (χ0n) is 17.7. The van der Waals surface area contributed by atoms with Crippen molar-refractivity contribution in [2.45, 2.75) is 40.7 Å². The molecular weight excluding hydrogens is 364 g/mol. The molecule has 1 saturated heterocycles. The first-order valence-corrected chi connectivity index (χ1v) is 10.3. The fourth-order valence-electron chi connectivity index (χ4n) is 3.73. The number of amides is 2. The third-order valence-corrected chi connectivity index (χ3v) is 5.73. The number of nitrogens with zero attached hydrogens (tertiary/aromatic N) is 3. The van der Waals surface area contributed by atoms with Gasteiger partial charge in [-0.25, -0.2) is 4.98 Å². The van der Waals surface area contributed by atoms with Crippen molar-refractivity contribution < 1.29 is 9.59 Å². The molecule has 0 radical (unpaired) electrons. The standard InChI is InChI=1S/C23H30N4O2/c1-5-26(6-2)21-11-10-18(13-24-21)14-25-23(29)19-12-22(28)27(15-19)20-9-7-8-16(3)17(20)4/h7-11,13,19H,5-6,12,14-15H2,1-4H3,(H,25,29). The van der Waals surface area contributed by atoms with Crippen molar-refractivity contribution in [3.05, 3.63) is 53.2 Å². The van der Waals surface area contributed by atoms with Crippen molar-refractivity contribution in [3.63, 3.8) is 0 Å². The van der Waals surface area contributed by atoms with E-state index in [1.165, 1.54) is 0 Å². The number of pyridine rings is 1. The molecule has 1 fully saturated rings. The number of hydrogen-bond donors (Lipinski definition) is 1. The molecule has 1 aromatic heterocycles. The Morgan fingerprint density at radius 3 is 2.62 bits per heavy atom. The maximum atomic E-state index is 12.6. The Bertz CT molecular complexity index is 875. The van der Waals surface area contributed by atoms with Crippen LogP contribution in [-0.4, -0.2) is 36.4 Å². The van der Waals surface area contributed by atoms with E-state index >= 15 is 0 Å². The van der Waals surface area contributed by atoms with Crippen molar-refractivity contribution in [2.24, 2.45) is 5.92 Å². The first-order valence-electron chi connectivity index (χ1n) is 10.3. The van der Waals surface area contributed by atoms with Gasteiger partial charge >= 0.3 is 0 Å². The van der Waals surface area contributed by atoms with Gasteiger partial charge in [-0.1, -0.05) is 18.2 Å². The van der Waals surface area contributed by atoms with Crippen LogP contribution in [0.25, 0.3) is 0 Å². The number of hydrogen-bond acceptors (Lipinski definition) is 4. The number of carbonyl (C=O) groups excluding carboxylic acids is 2. The van der Waals surface area contributed by atoms with Crippen molar-refractivity contribution in [1.29, 1.82) is 0 Å². The highest BCUT2D eigenvalue weighted by Crippen LogP contribution is 2.29. The molecule has 1 aromatic carbocycles. The maximum Gasteiger partial charge on any atom is 0.227 e. The van der Waals surface area contributed by atoms with Crippen LogP contribution in [0.5, 0.6) is 0 Å². The topological polar surface area (TPSA) is 65.5 Å². The Morgan fingerprint density at radius 1 is 1.21 bits per heavy atom. The van der Waals surface area contributed by atoms with Gasteiger partial charge in [0.25, 0.3) is 0 Å². The monoisotopic (exact) mass is 394 g/mol. The fourth-order valence-corrected chi connectivity index (χ4v) is 3.73. The van der Waals surface area contributed by atoms with Gasteiger partial charge in [0.15, 0.2) is 0 Å². The molecule has 1 aliphatic rings. The second-order valence-electron chi connectivity index (χ2n) is 7.54. The van der Waals surface area contributed by atoms with Gasteiger partial charge in [0.05, 0.1) is 5.92 Å². The van der Waals surface area contributed by atoms with Gasteiger partial charge in [-0.05, 0) is 56.5 Å². The van der Waals surface area contributed by atoms with Crippen LogP contribution in [0.15, 0.2) is 36.5 Å². The minimum absolute atomic E-state index is 0.00379. The lowest BCUT2D eigenvalue weighted by Gasteiger charge is -2.20. The molecule has 6 nitrogen and oxygen atoms in total. The summed E-state index contributed by atoms with van der Waals surface area (Å²) in [4.78, 5) is 33.6. The van der Waals surface area contributed by atoms with Crippen molar-refractivity contribution in [2.75, 3.05) is 29.4 Å². The van der Waals surface area contributed by atoms with Crippen LogP contribution in [0.1, 0.15) is 37.0 Å². The Balaban J connectivity index is 1.59. The zero-order valence-corrected chi connectivity index (χ0v) is 17.7. The van der Waals surface area contributed by atoms with Gasteiger partial charge in [-0.2, -0.15) is 0 Å². The summed E-state index contributed by atoms with van der Waals surface area (Å²) in [7, 11) is 0. The third-order valence-electron chi connectivity index (χ3n) is 5.73. The minimum Gasteiger partial charge on any atom is -0.357 e. The summed E-state index contributed by atoms with van der Waals surface area (Å²) in [5.74, 6) is 0.531. The minimum atomic E-state index is -0.328. The summed E-state index contributed by atoms with van der Waals surface area (Å²) in [6.07, 6.45) is 2.05. The summed E-state index contributed by atoms with van der Waals surface area (Å²) in [5, 5.41) is 2.96. The normalized spacial score (nSPS) is 16.2. The molecule has 154 valence electrons. The first kappa shape index (κ1) is 20.8. The van der Waals surface area contributed by atoms with E-state index in [4.69, 9.17) is 0 Å². The highest BCUT2D eigenvalue weighted by molar-refractivity contribution is 6.00. The summed E-state index contributed by atoms with van der Waals surface area (Å²) in [5.41, 5.74) is 4.08. The number of nitrogens with one attached hydrogen (secondary N) is 1. The SMILES string of the molecule is CCN(CC)c1ccc(CNC(=O)C2CC(=O)N(c3cccc(C)c3C)C2)cn1. The molecule has 0 saturated carbocycles. The average molecular weight is 395 g/mol. The van der Waals surface area contributed by atoms with E-state index in [0.717, 1.165) is 41.3 Å². The van der Waals surface area contributed by atoms with Gasteiger partial charge in [0.2, 0.25) is 11.8 Å². The quantitative estimate of drug-likeness (QED) is 0.783. The molecule has 0 spiro atoms. The number of aryl methyl sites for hydroxylation is 1. The zero-order chi connectivity index (χ0) is 21.0. The number of aromatic nitrogens is 1. The van der Waals surface area contributed by atoms with Crippen LogP contribution in [0.3, 0.4) is 0 Å². The van der Waals surface area contributed by atoms with Crippen LogP contribution >= 0.6 is 0 Å². The molecule has 0 bridgehead atoms.